The van der Waals surface area contributed by atoms with Crippen molar-refractivity contribution >= 4 is 23.3 Å². The van der Waals surface area contributed by atoms with E-state index in [0.717, 1.165) is 12.2 Å². The van der Waals surface area contributed by atoms with Crippen molar-refractivity contribution < 1.29 is 9.53 Å². The number of nitrogens with zero attached hydrogens (tertiary/aromatic N) is 4. The highest BCUT2D eigenvalue weighted by Gasteiger charge is 2.33. The van der Waals surface area contributed by atoms with Crippen LogP contribution in [0.15, 0.2) is 24.5 Å². The summed E-state index contributed by atoms with van der Waals surface area (Å²) in [6.07, 6.45) is 4.07. The van der Waals surface area contributed by atoms with E-state index < -0.39 is 0 Å². The van der Waals surface area contributed by atoms with Gasteiger partial charge in [-0.25, -0.2) is 9.67 Å². The maximum atomic E-state index is 12.9. The number of aromatic nitrogens is 3. The van der Waals surface area contributed by atoms with Crippen molar-refractivity contribution in [3.8, 4) is 5.88 Å². The molecule has 3 heterocycles. The summed E-state index contributed by atoms with van der Waals surface area (Å²) < 4.78 is 7.19. The minimum absolute atomic E-state index is 0.0760. The lowest BCUT2D eigenvalue weighted by Crippen LogP contribution is -2.45. The van der Waals surface area contributed by atoms with E-state index in [1.54, 1.807) is 17.2 Å². The van der Waals surface area contributed by atoms with Crippen LogP contribution >= 0.6 is 11.6 Å². The summed E-state index contributed by atoms with van der Waals surface area (Å²) in [5.41, 5.74) is 0.438. The fourth-order valence-electron chi connectivity index (χ4n) is 2.99. The standard InChI is InChI=1S/C16H19ClN4O2/c1-4-23-15-13(17)8-12(9-18-15)16(22)20-10(2)7-11(3)21-14(20)5-6-19-21/h5-6,8-11H,4,7H2,1-3H3/t10-,11-/m0/s1. The molecular weight excluding hydrogens is 316 g/mol. The lowest BCUT2D eigenvalue weighted by Gasteiger charge is -2.37. The van der Waals surface area contributed by atoms with E-state index in [1.165, 1.54) is 6.20 Å². The summed E-state index contributed by atoms with van der Waals surface area (Å²) in [6, 6.07) is 3.80. The van der Waals surface area contributed by atoms with Gasteiger partial charge in [-0.1, -0.05) is 11.6 Å². The van der Waals surface area contributed by atoms with E-state index in [9.17, 15) is 4.79 Å². The van der Waals surface area contributed by atoms with E-state index in [-0.39, 0.29) is 18.0 Å². The first kappa shape index (κ1) is 15.8. The van der Waals surface area contributed by atoms with Gasteiger partial charge >= 0.3 is 0 Å². The molecule has 6 nitrogen and oxygen atoms in total. The van der Waals surface area contributed by atoms with Gasteiger partial charge in [-0.2, -0.15) is 5.10 Å². The van der Waals surface area contributed by atoms with Crippen LogP contribution in [0.2, 0.25) is 5.02 Å². The molecule has 0 saturated heterocycles. The Balaban J connectivity index is 1.94. The van der Waals surface area contributed by atoms with Crippen LogP contribution in [-0.2, 0) is 0 Å². The maximum absolute atomic E-state index is 12.9. The summed E-state index contributed by atoms with van der Waals surface area (Å²) in [5, 5.41) is 4.65. The van der Waals surface area contributed by atoms with Crippen molar-refractivity contribution in [1.29, 1.82) is 0 Å². The molecule has 122 valence electrons. The number of carbonyl (C=O) groups is 1. The number of amides is 1. The summed E-state index contributed by atoms with van der Waals surface area (Å²) in [5.74, 6) is 1.01. The third kappa shape index (κ3) is 2.79. The Morgan fingerprint density at radius 3 is 2.91 bits per heavy atom. The SMILES string of the molecule is CCOc1ncc(C(=O)N2c3ccnn3[C@@H](C)C[C@@H]2C)cc1Cl. The zero-order valence-electron chi connectivity index (χ0n) is 13.4. The summed E-state index contributed by atoms with van der Waals surface area (Å²) >= 11 is 6.15. The molecule has 23 heavy (non-hydrogen) atoms. The van der Waals surface area contributed by atoms with E-state index in [0.29, 0.717) is 23.1 Å². The second kappa shape index (κ2) is 6.20. The Morgan fingerprint density at radius 2 is 2.22 bits per heavy atom. The fraction of sp³-hybridized carbons (Fsp3) is 0.438. The lowest BCUT2D eigenvalue weighted by molar-refractivity contribution is 0.0966. The summed E-state index contributed by atoms with van der Waals surface area (Å²) in [6.45, 7) is 6.47. The Kier molecular flexibility index (Phi) is 4.26. The van der Waals surface area contributed by atoms with Gasteiger partial charge in [0.15, 0.2) is 0 Å². The third-order valence-corrected chi connectivity index (χ3v) is 4.26. The zero-order valence-corrected chi connectivity index (χ0v) is 14.1. The second-order valence-electron chi connectivity index (χ2n) is 5.69. The number of rotatable bonds is 3. The molecule has 2 aromatic heterocycles. The Bertz CT molecular complexity index is 731. The average Bonchev–Trinajstić information content (AvgIpc) is 2.99. The quantitative estimate of drug-likeness (QED) is 0.863. The van der Waals surface area contributed by atoms with Gasteiger partial charge in [0, 0.05) is 18.3 Å². The van der Waals surface area contributed by atoms with E-state index in [2.05, 4.69) is 17.0 Å². The molecule has 2 aromatic rings. The topological polar surface area (TPSA) is 60.2 Å². The molecule has 1 amide bonds. The highest BCUT2D eigenvalue weighted by molar-refractivity contribution is 6.32. The van der Waals surface area contributed by atoms with Crippen molar-refractivity contribution in [1.82, 2.24) is 14.8 Å². The number of hydrogen-bond donors (Lipinski definition) is 0. The van der Waals surface area contributed by atoms with Crippen LogP contribution in [0.3, 0.4) is 0 Å². The van der Waals surface area contributed by atoms with Crippen molar-refractivity contribution in [2.24, 2.45) is 0 Å². The third-order valence-electron chi connectivity index (χ3n) is 3.99. The predicted molar refractivity (Wildman–Crippen MR) is 88.2 cm³/mol. The van der Waals surface area contributed by atoms with Gasteiger partial charge in [0.05, 0.1) is 24.4 Å². The number of fused-ring (bicyclic) bond motifs is 1. The Morgan fingerprint density at radius 1 is 1.43 bits per heavy atom. The predicted octanol–water partition coefficient (Wildman–Crippen LogP) is 3.33. The molecule has 0 aromatic carbocycles. The van der Waals surface area contributed by atoms with Gasteiger partial charge in [-0.05, 0) is 33.3 Å². The van der Waals surface area contributed by atoms with Gasteiger partial charge in [-0.15, -0.1) is 0 Å². The van der Waals surface area contributed by atoms with E-state index in [1.807, 2.05) is 24.6 Å². The molecule has 0 radical (unpaired) electrons. The van der Waals surface area contributed by atoms with Crippen LogP contribution < -0.4 is 9.64 Å². The van der Waals surface area contributed by atoms with Gasteiger partial charge in [0.2, 0.25) is 5.88 Å². The number of anilines is 1. The minimum atomic E-state index is -0.136. The van der Waals surface area contributed by atoms with Crippen molar-refractivity contribution in [3.63, 3.8) is 0 Å². The van der Waals surface area contributed by atoms with Crippen molar-refractivity contribution in [2.75, 3.05) is 11.5 Å². The molecule has 0 spiro atoms. The van der Waals surface area contributed by atoms with Crippen LogP contribution in [0.1, 0.15) is 43.6 Å². The average molecular weight is 335 g/mol. The van der Waals surface area contributed by atoms with Gasteiger partial charge in [0.25, 0.3) is 5.91 Å². The summed E-state index contributed by atoms with van der Waals surface area (Å²) in [7, 11) is 0. The largest absolute Gasteiger partial charge is 0.477 e. The van der Waals surface area contributed by atoms with E-state index >= 15 is 0 Å². The first-order chi connectivity index (χ1) is 11.0. The molecule has 3 rings (SSSR count). The van der Waals surface area contributed by atoms with Gasteiger partial charge < -0.3 is 4.74 Å². The summed E-state index contributed by atoms with van der Waals surface area (Å²) in [4.78, 5) is 18.8. The Hall–Kier alpha value is -2.08. The highest BCUT2D eigenvalue weighted by Crippen LogP contribution is 2.33. The minimum Gasteiger partial charge on any atom is -0.477 e. The number of carbonyl (C=O) groups excluding carboxylic acids is 1. The first-order valence-corrected chi connectivity index (χ1v) is 8.06. The van der Waals surface area contributed by atoms with Crippen LogP contribution in [0.4, 0.5) is 5.82 Å². The normalized spacial score (nSPS) is 20.3. The molecule has 0 saturated carbocycles. The van der Waals surface area contributed by atoms with E-state index in [4.69, 9.17) is 16.3 Å². The number of pyridine rings is 1. The van der Waals surface area contributed by atoms with Crippen LogP contribution in [0.25, 0.3) is 0 Å². The zero-order chi connectivity index (χ0) is 16.6. The lowest BCUT2D eigenvalue weighted by atomic mass is 10.0. The molecule has 0 bridgehead atoms. The molecule has 0 aliphatic carbocycles. The molecule has 0 fully saturated rings. The second-order valence-corrected chi connectivity index (χ2v) is 6.09. The number of ether oxygens (including phenoxy) is 1. The van der Waals surface area contributed by atoms with Crippen molar-refractivity contribution in [2.45, 2.75) is 39.3 Å². The number of halogens is 1. The molecule has 0 unspecified atom stereocenters. The highest BCUT2D eigenvalue weighted by atomic mass is 35.5. The Labute approximate surface area is 140 Å². The van der Waals surface area contributed by atoms with Gasteiger partial charge in [-0.3, -0.25) is 9.69 Å². The molecular formula is C16H19ClN4O2. The van der Waals surface area contributed by atoms with Gasteiger partial charge in [0.1, 0.15) is 10.8 Å². The van der Waals surface area contributed by atoms with Crippen LogP contribution in [0, 0.1) is 0 Å². The molecule has 2 atom stereocenters. The first-order valence-electron chi connectivity index (χ1n) is 7.68. The van der Waals surface area contributed by atoms with Crippen molar-refractivity contribution in [3.05, 3.63) is 35.1 Å². The monoisotopic (exact) mass is 334 g/mol. The number of hydrogen-bond acceptors (Lipinski definition) is 4. The fourth-order valence-corrected chi connectivity index (χ4v) is 3.21. The smallest absolute Gasteiger partial charge is 0.261 e. The molecule has 1 aliphatic rings. The molecule has 1 aliphatic heterocycles. The molecule has 0 N–H and O–H groups in total. The maximum Gasteiger partial charge on any atom is 0.261 e. The van der Waals surface area contributed by atoms with Crippen LogP contribution in [0.5, 0.6) is 5.88 Å². The molecule has 7 heteroatoms. The van der Waals surface area contributed by atoms with Crippen LogP contribution in [-0.4, -0.2) is 33.3 Å².